The van der Waals surface area contributed by atoms with Gasteiger partial charge in [0, 0.05) is 5.57 Å². The molecule has 0 unspecified atom stereocenters. The number of hydrogen-bond donors (Lipinski definition) is 1. The number of amides is 1. The maximum absolute atomic E-state index is 11.8. The summed E-state index contributed by atoms with van der Waals surface area (Å²) in [6.45, 7) is 7.77. The molecule has 2 aromatic carbocycles. The minimum absolute atomic E-state index is 0.0543. The number of fused-ring (bicyclic) bond motifs is 1. The Bertz CT molecular complexity index is 784. The molecule has 6 nitrogen and oxygen atoms in total. The molecule has 1 amide bonds. The molecular formula is C19H21NO5. The summed E-state index contributed by atoms with van der Waals surface area (Å²) >= 11 is 0. The molecule has 0 bridgehead atoms. The average molecular weight is 343 g/mol. The SMILES string of the molecule is C=C(C)C(=O)OCCNC(=O)Oc1ccc2cc(OCC)ccc2c1. The standard InChI is InChI=1S/C19H21NO5/c1-4-23-16-7-5-15-12-17(8-6-14(15)11-16)25-19(22)20-9-10-24-18(21)13(2)3/h5-8,11-12H,2,4,9-10H2,1,3H3,(H,20,22). The van der Waals surface area contributed by atoms with Crippen molar-refractivity contribution in [2.75, 3.05) is 19.8 Å². The summed E-state index contributed by atoms with van der Waals surface area (Å²) in [5.74, 6) is 0.731. The molecule has 0 aliphatic heterocycles. The van der Waals surface area contributed by atoms with Crippen LogP contribution in [0, 0.1) is 0 Å². The van der Waals surface area contributed by atoms with Crippen LogP contribution in [0.5, 0.6) is 11.5 Å². The van der Waals surface area contributed by atoms with Crippen molar-refractivity contribution >= 4 is 22.8 Å². The van der Waals surface area contributed by atoms with Gasteiger partial charge in [0.2, 0.25) is 0 Å². The predicted molar refractivity (Wildman–Crippen MR) is 94.9 cm³/mol. The Kier molecular flexibility index (Phi) is 6.39. The Morgan fingerprint density at radius 2 is 1.72 bits per heavy atom. The van der Waals surface area contributed by atoms with Gasteiger partial charge in [0.05, 0.1) is 13.2 Å². The number of carbonyl (C=O) groups excluding carboxylic acids is 2. The maximum atomic E-state index is 11.8. The van der Waals surface area contributed by atoms with Gasteiger partial charge in [0.1, 0.15) is 18.1 Å². The molecule has 1 N–H and O–H groups in total. The van der Waals surface area contributed by atoms with Crippen LogP contribution in [0.4, 0.5) is 4.79 Å². The number of carbonyl (C=O) groups is 2. The molecule has 0 aliphatic carbocycles. The lowest BCUT2D eigenvalue weighted by molar-refractivity contribution is -0.138. The Hall–Kier alpha value is -3.02. The zero-order valence-corrected chi connectivity index (χ0v) is 14.3. The van der Waals surface area contributed by atoms with Gasteiger partial charge in [0.25, 0.3) is 0 Å². The molecule has 132 valence electrons. The topological polar surface area (TPSA) is 73.9 Å². The normalized spacial score (nSPS) is 10.2. The highest BCUT2D eigenvalue weighted by atomic mass is 16.6. The highest BCUT2D eigenvalue weighted by Gasteiger charge is 2.07. The van der Waals surface area contributed by atoms with Gasteiger partial charge in [-0.05, 0) is 48.9 Å². The van der Waals surface area contributed by atoms with Crippen LogP contribution in [0.25, 0.3) is 10.8 Å². The third kappa shape index (κ3) is 5.53. The molecule has 0 fully saturated rings. The summed E-state index contributed by atoms with van der Waals surface area (Å²) in [6, 6.07) is 11.0. The minimum Gasteiger partial charge on any atom is -0.494 e. The molecule has 6 heteroatoms. The molecule has 0 heterocycles. The van der Waals surface area contributed by atoms with E-state index in [2.05, 4.69) is 11.9 Å². The van der Waals surface area contributed by atoms with Gasteiger partial charge in [-0.25, -0.2) is 9.59 Å². The fraction of sp³-hybridized carbons (Fsp3) is 0.263. The van der Waals surface area contributed by atoms with Gasteiger partial charge in [-0.2, -0.15) is 0 Å². The van der Waals surface area contributed by atoms with Crippen molar-refractivity contribution in [1.82, 2.24) is 5.32 Å². The summed E-state index contributed by atoms with van der Waals surface area (Å²) in [5, 5.41) is 4.44. The summed E-state index contributed by atoms with van der Waals surface area (Å²) in [7, 11) is 0. The quantitative estimate of drug-likeness (QED) is 0.473. The molecule has 0 saturated heterocycles. The van der Waals surface area contributed by atoms with E-state index in [1.807, 2.05) is 31.2 Å². The lowest BCUT2D eigenvalue weighted by atomic mass is 10.1. The Morgan fingerprint density at radius 3 is 2.36 bits per heavy atom. The summed E-state index contributed by atoms with van der Waals surface area (Å²) in [6.07, 6.45) is -0.614. The van der Waals surface area contributed by atoms with Crippen molar-refractivity contribution in [1.29, 1.82) is 0 Å². The van der Waals surface area contributed by atoms with Crippen LogP contribution in [-0.2, 0) is 9.53 Å². The number of rotatable bonds is 7. The molecule has 0 aliphatic rings. The van der Waals surface area contributed by atoms with Gasteiger partial charge in [-0.1, -0.05) is 18.7 Å². The molecule has 25 heavy (non-hydrogen) atoms. The molecule has 0 spiro atoms. The minimum atomic E-state index is -0.614. The van der Waals surface area contributed by atoms with Gasteiger partial charge in [0.15, 0.2) is 0 Å². The van der Waals surface area contributed by atoms with Crippen LogP contribution in [0.1, 0.15) is 13.8 Å². The van der Waals surface area contributed by atoms with E-state index in [1.54, 1.807) is 19.1 Å². The third-order valence-electron chi connectivity index (χ3n) is 3.26. The average Bonchev–Trinajstić information content (AvgIpc) is 2.58. The Labute approximate surface area is 146 Å². The summed E-state index contributed by atoms with van der Waals surface area (Å²) in [4.78, 5) is 22.9. The number of hydrogen-bond acceptors (Lipinski definition) is 5. The van der Waals surface area contributed by atoms with E-state index < -0.39 is 12.1 Å². The van der Waals surface area contributed by atoms with Crippen LogP contribution in [0.15, 0.2) is 48.6 Å². The lowest BCUT2D eigenvalue weighted by Gasteiger charge is -2.09. The van der Waals surface area contributed by atoms with E-state index in [0.29, 0.717) is 17.9 Å². The molecule has 0 saturated carbocycles. The molecule has 2 aromatic rings. The predicted octanol–water partition coefficient (Wildman–Crippen LogP) is 3.45. The van der Waals surface area contributed by atoms with E-state index in [4.69, 9.17) is 14.2 Å². The highest BCUT2D eigenvalue weighted by molar-refractivity contribution is 5.87. The highest BCUT2D eigenvalue weighted by Crippen LogP contribution is 2.25. The first-order chi connectivity index (χ1) is 12.0. The number of nitrogens with one attached hydrogen (secondary N) is 1. The van der Waals surface area contributed by atoms with E-state index >= 15 is 0 Å². The Morgan fingerprint density at radius 1 is 1.08 bits per heavy atom. The van der Waals surface area contributed by atoms with E-state index in [0.717, 1.165) is 16.5 Å². The lowest BCUT2D eigenvalue weighted by Crippen LogP contribution is -2.30. The van der Waals surface area contributed by atoms with E-state index in [9.17, 15) is 9.59 Å². The second-order valence-corrected chi connectivity index (χ2v) is 5.34. The second kappa shape index (κ2) is 8.73. The van der Waals surface area contributed by atoms with Crippen molar-refractivity contribution < 1.29 is 23.8 Å². The summed E-state index contributed by atoms with van der Waals surface area (Å²) < 4.78 is 15.5. The van der Waals surface area contributed by atoms with Crippen LogP contribution < -0.4 is 14.8 Å². The second-order valence-electron chi connectivity index (χ2n) is 5.34. The molecule has 0 aromatic heterocycles. The summed E-state index contributed by atoms with van der Waals surface area (Å²) in [5.41, 5.74) is 0.311. The van der Waals surface area contributed by atoms with Crippen LogP contribution in [-0.4, -0.2) is 31.8 Å². The first-order valence-electron chi connectivity index (χ1n) is 7.94. The van der Waals surface area contributed by atoms with E-state index in [1.165, 1.54) is 0 Å². The zero-order chi connectivity index (χ0) is 18.2. The third-order valence-corrected chi connectivity index (χ3v) is 3.26. The number of ether oxygens (including phenoxy) is 3. The first-order valence-corrected chi connectivity index (χ1v) is 7.94. The van der Waals surface area contributed by atoms with Crippen molar-refractivity contribution in [2.24, 2.45) is 0 Å². The van der Waals surface area contributed by atoms with Crippen molar-refractivity contribution in [3.8, 4) is 11.5 Å². The van der Waals surface area contributed by atoms with Crippen LogP contribution in [0.2, 0.25) is 0 Å². The fourth-order valence-corrected chi connectivity index (χ4v) is 2.08. The van der Waals surface area contributed by atoms with Crippen molar-refractivity contribution in [2.45, 2.75) is 13.8 Å². The number of benzene rings is 2. The molecule has 2 rings (SSSR count). The molecule has 0 atom stereocenters. The van der Waals surface area contributed by atoms with Crippen molar-refractivity contribution in [3.63, 3.8) is 0 Å². The molecular weight excluding hydrogens is 322 g/mol. The maximum Gasteiger partial charge on any atom is 0.412 e. The van der Waals surface area contributed by atoms with Gasteiger partial charge in [-0.15, -0.1) is 0 Å². The van der Waals surface area contributed by atoms with Gasteiger partial charge >= 0.3 is 12.1 Å². The largest absolute Gasteiger partial charge is 0.494 e. The monoisotopic (exact) mass is 343 g/mol. The fourth-order valence-electron chi connectivity index (χ4n) is 2.08. The Balaban J connectivity index is 1.87. The van der Waals surface area contributed by atoms with Gasteiger partial charge < -0.3 is 19.5 Å². The van der Waals surface area contributed by atoms with Gasteiger partial charge in [-0.3, -0.25) is 0 Å². The van der Waals surface area contributed by atoms with Crippen LogP contribution >= 0.6 is 0 Å². The van der Waals surface area contributed by atoms with Crippen LogP contribution in [0.3, 0.4) is 0 Å². The number of esters is 1. The smallest absolute Gasteiger partial charge is 0.412 e. The van der Waals surface area contributed by atoms with Crippen molar-refractivity contribution in [3.05, 3.63) is 48.6 Å². The zero-order valence-electron chi connectivity index (χ0n) is 14.3. The first kappa shape index (κ1) is 18.3. The molecule has 0 radical (unpaired) electrons. The van der Waals surface area contributed by atoms with E-state index in [-0.39, 0.29) is 13.2 Å².